The van der Waals surface area contributed by atoms with E-state index in [1.54, 1.807) is 0 Å². The summed E-state index contributed by atoms with van der Waals surface area (Å²) in [5.74, 6) is -0.291. The van der Waals surface area contributed by atoms with Crippen molar-refractivity contribution in [2.45, 2.75) is 18.9 Å². The van der Waals surface area contributed by atoms with Crippen molar-refractivity contribution in [1.82, 2.24) is 5.32 Å². The van der Waals surface area contributed by atoms with Gasteiger partial charge in [0.25, 0.3) is 0 Å². The molecule has 1 saturated heterocycles. The molecular weight excluding hydrogens is 202 g/mol. The van der Waals surface area contributed by atoms with Gasteiger partial charge in [-0.05, 0) is 30.7 Å². The molecule has 4 N–H and O–H groups in total. The van der Waals surface area contributed by atoms with Crippen molar-refractivity contribution in [3.8, 4) is 0 Å². The summed E-state index contributed by atoms with van der Waals surface area (Å²) < 4.78 is 0. The zero-order valence-electron chi connectivity index (χ0n) is 9.20. The highest BCUT2D eigenvalue weighted by Gasteiger charge is 2.13. The number of primary amides is 1. The van der Waals surface area contributed by atoms with E-state index in [2.05, 4.69) is 10.6 Å². The van der Waals surface area contributed by atoms with E-state index in [0.29, 0.717) is 12.5 Å². The summed E-state index contributed by atoms with van der Waals surface area (Å²) >= 11 is 0. The predicted molar refractivity (Wildman–Crippen MR) is 64.2 cm³/mol. The number of nitrogens with two attached hydrogens (primary N) is 1. The van der Waals surface area contributed by atoms with Crippen LogP contribution in [0.2, 0.25) is 0 Å². The lowest BCUT2D eigenvalue weighted by Crippen LogP contribution is -2.22. The van der Waals surface area contributed by atoms with Crippen LogP contribution in [0, 0.1) is 0 Å². The molecule has 0 spiro atoms. The van der Waals surface area contributed by atoms with Crippen LogP contribution < -0.4 is 16.4 Å². The molecule has 1 heterocycles. The molecular formula is C12H17N3O. The monoisotopic (exact) mass is 219 g/mol. The van der Waals surface area contributed by atoms with Crippen LogP contribution in [-0.2, 0) is 11.2 Å². The quantitative estimate of drug-likeness (QED) is 0.690. The van der Waals surface area contributed by atoms with Gasteiger partial charge in [0, 0.05) is 18.3 Å². The SMILES string of the molecule is NC(=O)Cc1ccc(NC2CCNC2)cc1. The van der Waals surface area contributed by atoms with E-state index < -0.39 is 0 Å². The summed E-state index contributed by atoms with van der Waals surface area (Å²) in [6.07, 6.45) is 1.47. The largest absolute Gasteiger partial charge is 0.381 e. The molecule has 1 aromatic carbocycles. The second kappa shape index (κ2) is 4.99. The van der Waals surface area contributed by atoms with Gasteiger partial charge in [-0.15, -0.1) is 0 Å². The molecule has 0 aromatic heterocycles. The number of hydrogen-bond donors (Lipinski definition) is 3. The lowest BCUT2D eigenvalue weighted by molar-refractivity contribution is -0.117. The maximum atomic E-state index is 10.7. The average Bonchev–Trinajstić information content (AvgIpc) is 2.73. The number of amides is 1. The Bertz CT molecular complexity index is 355. The molecule has 16 heavy (non-hydrogen) atoms. The van der Waals surface area contributed by atoms with Crippen LogP contribution in [0.1, 0.15) is 12.0 Å². The van der Waals surface area contributed by atoms with Crippen molar-refractivity contribution < 1.29 is 4.79 Å². The Morgan fingerprint density at radius 1 is 1.44 bits per heavy atom. The van der Waals surface area contributed by atoms with Crippen molar-refractivity contribution >= 4 is 11.6 Å². The Kier molecular flexibility index (Phi) is 3.41. The lowest BCUT2D eigenvalue weighted by atomic mass is 10.1. The molecule has 1 aliphatic heterocycles. The second-order valence-electron chi connectivity index (χ2n) is 4.17. The Morgan fingerprint density at radius 3 is 2.75 bits per heavy atom. The van der Waals surface area contributed by atoms with Gasteiger partial charge >= 0.3 is 0 Å². The molecule has 1 unspecified atom stereocenters. The summed E-state index contributed by atoms with van der Waals surface area (Å²) in [7, 11) is 0. The fourth-order valence-corrected chi connectivity index (χ4v) is 1.93. The first kappa shape index (κ1) is 11.0. The van der Waals surface area contributed by atoms with E-state index in [1.165, 1.54) is 0 Å². The third-order valence-electron chi connectivity index (χ3n) is 2.76. The molecule has 4 nitrogen and oxygen atoms in total. The Hall–Kier alpha value is -1.55. The van der Waals surface area contributed by atoms with Gasteiger partial charge in [0.05, 0.1) is 6.42 Å². The van der Waals surface area contributed by atoms with E-state index >= 15 is 0 Å². The van der Waals surface area contributed by atoms with E-state index in [9.17, 15) is 4.79 Å². The van der Waals surface area contributed by atoms with Gasteiger partial charge in [0.2, 0.25) is 5.91 Å². The van der Waals surface area contributed by atoms with Crippen LogP contribution in [0.5, 0.6) is 0 Å². The number of benzene rings is 1. The average molecular weight is 219 g/mol. The highest BCUT2D eigenvalue weighted by molar-refractivity contribution is 5.76. The molecule has 1 aromatic rings. The van der Waals surface area contributed by atoms with Gasteiger partial charge in [-0.2, -0.15) is 0 Å². The van der Waals surface area contributed by atoms with Crippen molar-refractivity contribution in [2.24, 2.45) is 5.73 Å². The number of carbonyl (C=O) groups excluding carboxylic acids is 1. The van der Waals surface area contributed by atoms with Gasteiger partial charge < -0.3 is 16.4 Å². The van der Waals surface area contributed by atoms with Gasteiger partial charge in [0.1, 0.15) is 0 Å². The lowest BCUT2D eigenvalue weighted by Gasteiger charge is -2.12. The van der Waals surface area contributed by atoms with Crippen molar-refractivity contribution in [3.05, 3.63) is 29.8 Å². The third-order valence-corrected chi connectivity index (χ3v) is 2.76. The summed E-state index contributed by atoms with van der Waals surface area (Å²) in [6, 6.07) is 8.39. The van der Waals surface area contributed by atoms with Crippen molar-refractivity contribution in [3.63, 3.8) is 0 Å². The molecule has 4 heteroatoms. The van der Waals surface area contributed by atoms with E-state index in [-0.39, 0.29) is 5.91 Å². The summed E-state index contributed by atoms with van der Waals surface area (Å²) in [6.45, 7) is 2.10. The standard InChI is InChI=1S/C12H17N3O/c13-12(16)7-9-1-3-10(4-2-9)15-11-5-6-14-8-11/h1-4,11,14-15H,5-8H2,(H2,13,16). The first-order chi connectivity index (χ1) is 7.74. The highest BCUT2D eigenvalue weighted by Crippen LogP contribution is 2.13. The van der Waals surface area contributed by atoms with Crippen molar-refractivity contribution in [2.75, 3.05) is 18.4 Å². The van der Waals surface area contributed by atoms with Crippen LogP contribution in [0.25, 0.3) is 0 Å². The molecule has 0 bridgehead atoms. The smallest absolute Gasteiger partial charge is 0.221 e. The van der Waals surface area contributed by atoms with Crippen LogP contribution >= 0.6 is 0 Å². The van der Waals surface area contributed by atoms with E-state index in [4.69, 9.17) is 5.73 Å². The minimum Gasteiger partial charge on any atom is -0.381 e. The Morgan fingerprint density at radius 2 is 2.19 bits per heavy atom. The van der Waals surface area contributed by atoms with Crippen LogP contribution in [0.15, 0.2) is 24.3 Å². The normalized spacial score (nSPS) is 19.6. The minimum atomic E-state index is -0.291. The van der Waals surface area contributed by atoms with E-state index in [0.717, 1.165) is 30.8 Å². The van der Waals surface area contributed by atoms with Crippen LogP contribution in [-0.4, -0.2) is 25.0 Å². The number of nitrogens with one attached hydrogen (secondary N) is 2. The number of carbonyl (C=O) groups is 1. The fourth-order valence-electron chi connectivity index (χ4n) is 1.93. The molecule has 1 fully saturated rings. The molecule has 0 saturated carbocycles. The van der Waals surface area contributed by atoms with Crippen molar-refractivity contribution in [1.29, 1.82) is 0 Å². The molecule has 0 aliphatic carbocycles. The number of hydrogen-bond acceptors (Lipinski definition) is 3. The minimum absolute atomic E-state index is 0.291. The molecule has 2 rings (SSSR count). The Balaban J connectivity index is 1.93. The molecule has 1 amide bonds. The van der Waals surface area contributed by atoms with Gasteiger partial charge in [-0.3, -0.25) is 4.79 Å². The van der Waals surface area contributed by atoms with Gasteiger partial charge in [-0.1, -0.05) is 12.1 Å². The topological polar surface area (TPSA) is 67.2 Å². The van der Waals surface area contributed by atoms with E-state index in [1.807, 2.05) is 24.3 Å². The number of rotatable bonds is 4. The zero-order valence-corrected chi connectivity index (χ0v) is 9.20. The first-order valence-electron chi connectivity index (χ1n) is 5.58. The predicted octanol–water partition coefficient (Wildman–Crippen LogP) is 0.488. The molecule has 86 valence electrons. The molecule has 0 radical (unpaired) electrons. The second-order valence-corrected chi connectivity index (χ2v) is 4.17. The third kappa shape index (κ3) is 2.97. The summed E-state index contributed by atoms with van der Waals surface area (Å²) in [5, 5.41) is 6.75. The fraction of sp³-hybridized carbons (Fsp3) is 0.417. The van der Waals surface area contributed by atoms with Crippen LogP contribution in [0.3, 0.4) is 0 Å². The number of anilines is 1. The summed E-state index contributed by atoms with van der Waals surface area (Å²) in [4.78, 5) is 10.7. The maximum Gasteiger partial charge on any atom is 0.221 e. The highest BCUT2D eigenvalue weighted by atomic mass is 16.1. The first-order valence-corrected chi connectivity index (χ1v) is 5.58. The summed E-state index contributed by atoms with van der Waals surface area (Å²) in [5.41, 5.74) is 7.19. The van der Waals surface area contributed by atoms with Crippen LogP contribution in [0.4, 0.5) is 5.69 Å². The zero-order chi connectivity index (χ0) is 11.4. The maximum absolute atomic E-state index is 10.7. The molecule has 1 aliphatic rings. The Labute approximate surface area is 95.2 Å². The van der Waals surface area contributed by atoms with Gasteiger partial charge in [-0.25, -0.2) is 0 Å². The molecule has 1 atom stereocenters. The van der Waals surface area contributed by atoms with Gasteiger partial charge in [0.15, 0.2) is 0 Å².